The summed E-state index contributed by atoms with van der Waals surface area (Å²) < 4.78 is 11.1. The Balaban J connectivity index is 1.68. The summed E-state index contributed by atoms with van der Waals surface area (Å²) >= 11 is 6.18. The summed E-state index contributed by atoms with van der Waals surface area (Å²) in [7, 11) is 0. The van der Waals surface area contributed by atoms with E-state index >= 15 is 0 Å². The van der Waals surface area contributed by atoms with Gasteiger partial charge in [0.25, 0.3) is 0 Å². The van der Waals surface area contributed by atoms with Gasteiger partial charge in [0, 0.05) is 12.7 Å². The molecular formula is C18H21ClN2O3. The average molecular weight is 349 g/mol. The Morgan fingerprint density at radius 1 is 1.33 bits per heavy atom. The number of hydrogen-bond donors (Lipinski definition) is 0. The van der Waals surface area contributed by atoms with E-state index in [2.05, 4.69) is 4.98 Å². The fourth-order valence-electron chi connectivity index (χ4n) is 2.19. The zero-order valence-corrected chi connectivity index (χ0v) is 14.8. The number of pyridine rings is 1. The second kappa shape index (κ2) is 6.48. The van der Waals surface area contributed by atoms with Crippen LogP contribution in [0.4, 0.5) is 5.82 Å². The molecule has 1 aliphatic heterocycles. The lowest BCUT2D eigenvalue weighted by molar-refractivity contribution is 0.00693. The van der Waals surface area contributed by atoms with Crippen molar-refractivity contribution >= 4 is 23.4 Å². The highest BCUT2D eigenvalue weighted by molar-refractivity contribution is 6.32. The van der Waals surface area contributed by atoms with Crippen LogP contribution >= 0.6 is 11.6 Å². The highest BCUT2D eigenvalue weighted by atomic mass is 35.5. The van der Waals surface area contributed by atoms with E-state index < -0.39 is 11.6 Å². The molecule has 0 aromatic carbocycles. The highest BCUT2D eigenvalue weighted by Gasteiger charge is 2.25. The number of carbonyl (C=O) groups excluding carboxylic acids is 1. The maximum atomic E-state index is 12.1. The lowest BCUT2D eigenvalue weighted by atomic mass is 10.2. The summed E-state index contributed by atoms with van der Waals surface area (Å²) in [6, 6.07) is 3.41. The molecule has 1 aromatic heterocycles. The number of esters is 1. The van der Waals surface area contributed by atoms with Gasteiger partial charge in [0.2, 0.25) is 0 Å². The number of halogens is 1. The molecule has 0 N–H and O–H groups in total. The predicted octanol–water partition coefficient (Wildman–Crippen LogP) is 4.09. The molecule has 1 saturated carbocycles. The van der Waals surface area contributed by atoms with Crippen LogP contribution in [0.2, 0.25) is 5.15 Å². The van der Waals surface area contributed by atoms with Crippen LogP contribution in [-0.2, 0) is 9.47 Å². The van der Waals surface area contributed by atoms with Crippen molar-refractivity contribution in [1.29, 1.82) is 0 Å². The van der Waals surface area contributed by atoms with Crippen LogP contribution in [0.3, 0.4) is 0 Å². The van der Waals surface area contributed by atoms with Crippen molar-refractivity contribution in [2.24, 2.45) is 0 Å². The number of rotatable bonds is 4. The summed E-state index contributed by atoms with van der Waals surface area (Å²) in [6.07, 6.45) is 8.49. The first-order chi connectivity index (χ1) is 11.3. The molecule has 3 rings (SSSR count). The average Bonchev–Trinajstić information content (AvgIpc) is 3.30. The molecule has 128 valence electrons. The van der Waals surface area contributed by atoms with Gasteiger partial charge in [-0.25, -0.2) is 9.78 Å². The molecule has 24 heavy (non-hydrogen) atoms. The van der Waals surface area contributed by atoms with Gasteiger partial charge in [-0.15, -0.1) is 0 Å². The number of carbonyl (C=O) groups is 1. The van der Waals surface area contributed by atoms with E-state index in [-0.39, 0.29) is 10.7 Å². The van der Waals surface area contributed by atoms with Gasteiger partial charge in [-0.1, -0.05) is 11.6 Å². The van der Waals surface area contributed by atoms with Gasteiger partial charge in [-0.3, -0.25) is 0 Å². The van der Waals surface area contributed by atoms with Crippen molar-refractivity contribution in [3.8, 4) is 0 Å². The third kappa shape index (κ3) is 4.29. The standard InChI is InChI=1S/C18H21ClN2O3/c1-18(2,3)24-17(22)14-6-7-15(20-16(14)19)21-10-8-13(9-11-21)23-12-4-5-12/h6-10,12H,4-5,11H2,1-3H3. The molecule has 0 radical (unpaired) electrons. The Morgan fingerprint density at radius 2 is 2.08 bits per heavy atom. The van der Waals surface area contributed by atoms with Crippen LogP contribution in [0.1, 0.15) is 44.0 Å². The second-order valence-corrected chi connectivity index (χ2v) is 7.26. The van der Waals surface area contributed by atoms with E-state index in [0.29, 0.717) is 18.5 Å². The van der Waals surface area contributed by atoms with Crippen LogP contribution in [0.15, 0.2) is 36.2 Å². The lowest BCUT2D eigenvalue weighted by Crippen LogP contribution is -2.25. The quantitative estimate of drug-likeness (QED) is 0.606. The SMILES string of the molecule is CC(C)(C)OC(=O)c1ccc(N2C=CC(OC3CC3)=CC2)nc1Cl. The molecule has 1 aromatic rings. The number of allylic oxidation sites excluding steroid dienone is 1. The Labute approximate surface area is 146 Å². The first-order valence-corrected chi connectivity index (χ1v) is 8.41. The van der Waals surface area contributed by atoms with E-state index in [1.54, 1.807) is 12.1 Å². The molecule has 0 spiro atoms. The van der Waals surface area contributed by atoms with E-state index in [1.165, 1.54) is 0 Å². The van der Waals surface area contributed by atoms with Crippen LogP contribution < -0.4 is 4.90 Å². The smallest absolute Gasteiger partial charge is 0.341 e. The fourth-order valence-corrected chi connectivity index (χ4v) is 2.41. The lowest BCUT2D eigenvalue weighted by Gasteiger charge is -2.23. The predicted molar refractivity (Wildman–Crippen MR) is 93.1 cm³/mol. The topological polar surface area (TPSA) is 51.7 Å². The van der Waals surface area contributed by atoms with Crippen molar-refractivity contribution in [3.63, 3.8) is 0 Å². The minimum Gasteiger partial charge on any atom is -0.491 e. The van der Waals surface area contributed by atoms with Gasteiger partial charge < -0.3 is 14.4 Å². The van der Waals surface area contributed by atoms with Crippen molar-refractivity contribution in [2.75, 3.05) is 11.4 Å². The van der Waals surface area contributed by atoms with Gasteiger partial charge in [0.05, 0.1) is 11.7 Å². The zero-order valence-electron chi connectivity index (χ0n) is 14.1. The molecule has 1 aliphatic carbocycles. The van der Waals surface area contributed by atoms with Crippen LogP contribution in [0.5, 0.6) is 0 Å². The van der Waals surface area contributed by atoms with E-state index in [4.69, 9.17) is 21.1 Å². The number of ether oxygens (including phenoxy) is 2. The third-order valence-electron chi connectivity index (χ3n) is 3.48. The molecule has 0 amide bonds. The summed E-state index contributed by atoms with van der Waals surface area (Å²) in [6.45, 7) is 6.08. The molecule has 2 aliphatic rings. The monoisotopic (exact) mass is 348 g/mol. The van der Waals surface area contributed by atoms with E-state index in [0.717, 1.165) is 18.6 Å². The van der Waals surface area contributed by atoms with Crippen molar-refractivity contribution in [1.82, 2.24) is 4.98 Å². The Kier molecular flexibility index (Phi) is 4.54. The summed E-state index contributed by atoms with van der Waals surface area (Å²) in [5, 5.41) is 0.138. The maximum absolute atomic E-state index is 12.1. The van der Waals surface area contributed by atoms with Crippen molar-refractivity contribution in [2.45, 2.75) is 45.3 Å². The summed E-state index contributed by atoms with van der Waals surface area (Å²) in [5.41, 5.74) is -0.304. The van der Waals surface area contributed by atoms with Crippen LogP contribution in [-0.4, -0.2) is 29.2 Å². The molecule has 5 nitrogen and oxygen atoms in total. The Morgan fingerprint density at radius 3 is 2.62 bits per heavy atom. The molecule has 6 heteroatoms. The van der Waals surface area contributed by atoms with Crippen molar-refractivity contribution < 1.29 is 14.3 Å². The number of anilines is 1. The molecular weight excluding hydrogens is 328 g/mol. The fraction of sp³-hybridized carbons (Fsp3) is 0.444. The summed E-state index contributed by atoms with van der Waals surface area (Å²) in [4.78, 5) is 18.4. The van der Waals surface area contributed by atoms with Gasteiger partial charge in [0.1, 0.15) is 22.3 Å². The van der Waals surface area contributed by atoms with Gasteiger partial charge in [-0.2, -0.15) is 0 Å². The van der Waals surface area contributed by atoms with Crippen LogP contribution in [0.25, 0.3) is 0 Å². The molecule has 1 fully saturated rings. The van der Waals surface area contributed by atoms with E-state index in [1.807, 2.05) is 44.0 Å². The molecule has 0 atom stereocenters. The maximum Gasteiger partial charge on any atom is 0.341 e. The highest BCUT2D eigenvalue weighted by Crippen LogP contribution is 2.28. The van der Waals surface area contributed by atoms with Gasteiger partial charge in [0.15, 0.2) is 0 Å². The molecule has 0 bridgehead atoms. The largest absolute Gasteiger partial charge is 0.491 e. The molecule has 2 heterocycles. The third-order valence-corrected chi connectivity index (χ3v) is 3.77. The first kappa shape index (κ1) is 16.8. The normalized spacial score (nSPS) is 17.5. The van der Waals surface area contributed by atoms with E-state index in [9.17, 15) is 4.79 Å². The Bertz CT molecular complexity index is 703. The number of nitrogens with zero attached hydrogens (tertiary/aromatic N) is 2. The first-order valence-electron chi connectivity index (χ1n) is 8.03. The molecule has 0 unspecified atom stereocenters. The Hall–Kier alpha value is -2.01. The van der Waals surface area contributed by atoms with Crippen molar-refractivity contribution in [3.05, 3.63) is 47.0 Å². The number of hydrogen-bond acceptors (Lipinski definition) is 5. The minimum atomic E-state index is -0.572. The zero-order chi connectivity index (χ0) is 17.3. The molecule has 0 saturated heterocycles. The summed E-state index contributed by atoms with van der Waals surface area (Å²) in [5.74, 6) is 1.09. The van der Waals surface area contributed by atoms with Gasteiger partial charge >= 0.3 is 5.97 Å². The van der Waals surface area contributed by atoms with Gasteiger partial charge in [-0.05, 0) is 57.9 Å². The minimum absolute atomic E-state index is 0.138. The number of aromatic nitrogens is 1. The second-order valence-electron chi connectivity index (χ2n) is 6.90. The van der Waals surface area contributed by atoms with Crippen LogP contribution in [0, 0.1) is 0 Å².